The maximum Gasteiger partial charge on any atom is 0.238 e. The lowest BCUT2D eigenvalue weighted by atomic mass is 10.3. The number of hydrogen-bond donors (Lipinski definition) is 2. The summed E-state index contributed by atoms with van der Waals surface area (Å²) in [4.78, 5) is 11.4. The topological polar surface area (TPSA) is 89.3 Å². The van der Waals surface area contributed by atoms with Gasteiger partial charge in [0.1, 0.15) is 11.1 Å². The minimum absolute atomic E-state index is 0.0625. The van der Waals surface area contributed by atoms with Crippen molar-refractivity contribution >= 4 is 21.4 Å². The Morgan fingerprint density at radius 1 is 1.47 bits per heavy atom. The summed E-state index contributed by atoms with van der Waals surface area (Å²) >= 11 is 0. The summed E-state index contributed by atoms with van der Waals surface area (Å²) in [7, 11) is -3.99. The number of sulfone groups is 1. The van der Waals surface area contributed by atoms with Crippen molar-refractivity contribution in [3.63, 3.8) is 0 Å². The van der Waals surface area contributed by atoms with Crippen LogP contribution in [-0.4, -0.2) is 25.6 Å². The van der Waals surface area contributed by atoms with Gasteiger partial charge in [-0.15, -0.1) is 0 Å². The predicted octanol–water partition coefficient (Wildman–Crippen LogP) is 0.849. The zero-order valence-electron chi connectivity index (χ0n) is 10.4. The standard InChI is InChI=1S/C12H15FN2O3S/c1-7(12(16)15-9-3-4-9)19(17,18)11-6-8(13)2-5-10(11)14/h2,5-7,9H,3-4,14H2,1H3,(H,15,16). The summed E-state index contributed by atoms with van der Waals surface area (Å²) in [6, 6.07) is 3.15. The third-order valence-corrected chi connectivity index (χ3v) is 5.15. The van der Waals surface area contributed by atoms with Gasteiger partial charge in [0.15, 0.2) is 9.84 Å². The van der Waals surface area contributed by atoms with Crippen LogP contribution in [-0.2, 0) is 14.6 Å². The highest BCUT2D eigenvalue weighted by Gasteiger charge is 2.34. The number of nitrogen functional groups attached to an aromatic ring is 1. The first kappa shape index (κ1) is 13.8. The predicted molar refractivity (Wildman–Crippen MR) is 68.6 cm³/mol. The lowest BCUT2D eigenvalue weighted by Gasteiger charge is -2.14. The van der Waals surface area contributed by atoms with Crippen LogP contribution in [0.5, 0.6) is 0 Å². The highest BCUT2D eigenvalue weighted by Crippen LogP contribution is 2.25. The molecule has 1 atom stereocenters. The molecule has 1 aromatic rings. The Bertz CT molecular complexity index is 611. The van der Waals surface area contributed by atoms with Crippen LogP contribution >= 0.6 is 0 Å². The number of rotatable bonds is 4. The van der Waals surface area contributed by atoms with Crippen LogP contribution < -0.4 is 11.1 Å². The maximum atomic E-state index is 13.1. The highest BCUT2D eigenvalue weighted by atomic mass is 32.2. The Morgan fingerprint density at radius 2 is 2.11 bits per heavy atom. The molecule has 1 amide bonds. The molecule has 0 spiro atoms. The Kier molecular flexibility index (Phi) is 3.49. The average molecular weight is 286 g/mol. The number of hydrogen-bond acceptors (Lipinski definition) is 4. The number of nitrogens with two attached hydrogens (primary N) is 1. The van der Waals surface area contributed by atoms with Gasteiger partial charge in [0, 0.05) is 6.04 Å². The quantitative estimate of drug-likeness (QED) is 0.803. The zero-order chi connectivity index (χ0) is 14.2. The van der Waals surface area contributed by atoms with Gasteiger partial charge in [0.25, 0.3) is 0 Å². The number of halogens is 1. The molecule has 1 unspecified atom stereocenters. The third kappa shape index (κ3) is 2.86. The summed E-state index contributed by atoms with van der Waals surface area (Å²) < 4.78 is 37.6. The zero-order valence-corrected chi connectivity index (χ0v) is 11.2. The molecule has 2 rings (SSSR count). The molecule has 0 bridgehead atoms. The van der Waals surface area contributed by atoms with Gasteiger partial charge in [-0.2, -0.15) is 0 Å². The molecule has 19 heavy (non-hydrogen) atoms. The summed E-state index contributed by atoms with van der Waals surface area (Å²) in [5.41, 5.74) is 5.49. The van der Waals surface area contributed by atoms with Crippen molar-refractivity contribution in [1.82, 2.24) is 5.32 Å². The molecule has 0 radical (unpaired) electrons. The van der Waals surface area contributed by atoms with E-state index in [-0.39, 0.29) is 16.6 Å². The second-order valence-corrected chi connectivity index (χ2v) is 6.89. The Balaban J connectivity index is 2.29. The van der Waals surface area contributed by atoms with Crippen LogP contribution in [0.3, 0.4) is 0 Å². The highest BCUT2D eigenvalue weighted by molar-refractivity contribution is 7.93. The summed E-state index contributed by atoms with van der Waals surface area (Å²) in [6.07, 6.45) is 1.72. The lowest BCUT2D eigenvalue weighted by Crippen LogP contribution is -2.39. The number of benzene rings is 1. The Hall–Kier alpha value is -1.63. The number of anilines is 1. The molecule has 1 saturated carbocycles. The van der Waals surface area contributed by atoms with E-state index >= 15 is 0 Å². The summed E-state index contributed by atoms with van der Waals surface area (Å²) in [5, 5.41) is 1.32. The fraction of sp³-hybridized carbons (Fsp3) is 0.417. The second-order valence-electron chi connectivity index (χ2n) is 4.65. The monoisotopic (exact) mass is 286 g/mol. The fourth-order valence-corrected chi connectivity index (χ4v) is 3.04. The number of nitrogens with one attached hydrogen (secondary N) is 1. The van der Waals surface area contributed by atoms with Crippen LogP contribution in [0.2, 0.25) is 0 Å². The first-order valence-electron chi connectivity index (χ1n) is 5.91. The van der Waals surface area contributed by atoms with E-state index in [4.69, 9.17) is 5.73 Å². The lowest BCUT2D eigenvalue weighted by molar-refractivity contribution is -0.120. The van der Waals surface area contributed by atoms with Gasteiger partial charge in [-0.1, -0.05) is 0 Å². The van der Waals surface area contributed by atoms with Crippen LogP contribution in [0.1, 0.15) is 19.8 Å². The van der Waals surface area contributed by atoms with Crippen LogP contribution in [0.15, 0.2) is 23.1 Å². The van der Waals surface area contributed by atoms with Crippen LogP contribution in [0.25, 0.3) is 0 Å². The Morgan fingerprint density at radius 3 is 2.68 bits per heavy atom. The fourth-order valence-electron chi connectivity index (χ4n) is 1.63. The van der Waals surface area contributed by atoms with Crippen molar-refractivity contribution in [2.45, 2.75) is 36.0 Å². The molecule has 7 heteroatoms. The van der Waals surface area contributed by atoms with E-state index in [9.17, 15) is 17.6 Å². The number of carbonyl (C=O) groups excluding carboxylic acids is 1. The van der Waals surface area contributed by atoms with Crippen molar-refractivity contribution in [3.05, 3.63) is 24.0 Å². The third-order valence-electron chi connectivity index (χ3n) is 3.04. The molecule has 3 N–H and O–H groups in total. The van der Waals surface area contributed by atoms with E-state index in [0.29, 0.717) is 0 Å². The molecule has 104 valence electrons. The maximum absolute atomic E-state index is 13.1. The molecule has 1 aromatic carbocycles. The molecule has 1 fully saturated rings. The van der Waals surface area contributed by atoms with E-state index in [1.807, 2.05) is 0 Å². The molecule has 5 nitrogen and oxygen atoms in total. The van der Waals surface area contributed by atoms with Gasteiger partial charge in [-0.3, -0.25) is 4.79 Å². The molecule has 0 saturated heterocycles. The van der Waals surface area contributed by atoms with Gasteiger partial charge in [-0.25, -0.2) is 12.8 Å². The van der Waals surface area contributed by atoms with Crippen LogP contribution in [0.4, 0.5) is 10.1 Å². The molecular formula is C12H15FN2O3S. The van der Waals surface area contributed by atoms with E-state index in [2.05, 4.69) is 5.32 Å². The van der Waals surface area contributed by atoms with Crippen molar-refractivity contribution < 1.29 is 17.6 Å². The van der Waals surface area contributed by atoms with E-state index < -0.39 is 26.8 Å². The van der Waals surface area contributed by atoms with E-state index in [0.717, 1.165) is 25.0 Å². The molecule has 0 heterocycles. The second kappa shape index (κ2) is 4.80. The minimum Gasteiger partial charge on any atom is -0.398 e. The summed E-state index contributed by atoms with van der Waals surface area (Å²) in [5.74, 6) is -1.28. The van der Waals surface area contributed by atoms with Crippen molar-refractivity contribution in [2.75, 3.05) is 5.73 Å². The van der Waals surface area contributed by atoms with Gasteiger partial charge >= 0.3 is 0 Å². The normalized spacial score (nSPS) is 16.9. The smallest absolute Gasteiger partial charge is 0.238 e. The molecule has 0 aromatic heterocycles. The largest absolute Gasteiger partial charge is 0.398 e. The Labute approximate surface area is 110 Å². The molecular weight excluding hydrogens is 271 g/mol. The summed E-state index contributed by atoms with van der Waals surface area (Å²) in [6.45, 7) is 1.28. The van der Waals surface area contributed by atoms with Crippen molar-refractivity contribution in [1.29, 1.82) is 0 Å². The first-order chi connectivity index (χ1) is 8.82. The van der Waals surface area contributed by atoms with Crippen LogP contribution in [0, 0.1) is 5.82 Å². The molecule has 1 aliphatic rings. The molecule has 1 aliphatic carbocycles. The van der Waals surface area contributed by atoms with Gasteiger partial charge in [0.2, 0.25) is 5.91 Å². The van der Waals surface area contributed by atoms with E-state index in [1.54, 1.807) is 0 Å². The van der Waals surface area contributed by atoms with Crippen molar-refractivity contribution in [3.8, 4) is 0 Å². The first-order valence-corrected chi connectivity index (χ1v) is 7.46. The van der Waals surface area contributed by atoms with Gasteiger partial charge < -0.3 is 11.1 Å². The molecule has 0 aliphatic heterocycles. The van der Waals surface area contributed by atoms with Gasteiger partial charge in [-0.05, 0) is 38.0 Å². The van der Waals surface area contributed by atoms with Gasteiger partial charge in [0.05, 0.1) is 10.6 Å². The number of carbonyl (C=O) groups is 1. The minimum atomic E-state index is -3.99. The number of amides is 1. The average Bonchev–Trinajstić information content (AvgIpc) is 3.14. The van der Waals surface area contributed by atoms with Crippen molar-refractivity contribution in [2.24, 2.45) is 0 Å². The SMILES string of the molecule is CC(C(=O)NC1CC1)S(=O)(=O)c1cc(F)ccc1N. The van der Waals surface area contributed by atoms with E-state index in [1.165, 1.54) is 13.0 Å².